The number of hydrogen-bond acceptors (Lipinski definition) is 8. The van der Waals surface area contributed by atoms with Gasteiger partial charge in [0.05, 0.1) is 4.91 Å². The van der Waals surface area contributed by atoms with Crippen molar-refractivity contribution in [2.24, 2.45) is 0 Å². The van der Waals surface area contributed by atoms with Crippen LogP contribution in [0.3, 0.4) is 0 Å². The van der Waals surface area contributed by atoms with E-state index in [4.69, 9.17) is 12.2 Å². The summed E-state index contributed by atoms with van der Waals surface area (Å²) in [4.78, 5) is 27.1. The lowest BCUT2D eigenvalue weighted by atomic mass is 10.2. The van der Waals surface area contributed by atoms with Gasteiger partial charge in [-0.25, -0.2) is 4.39 Å². The summed E-state index contributed by atoms with van der Waals surface area (Å²) in [5.74, 6) is 0.0295. The summed E-state index contributed by atoms with van der Waals surface area (Å²) in [6.45, 7) is 0.374. The largest absolute Gasteiger partial charge is 0.301 e. The van der Waals surface area contributed by atoms with Crippen LogP contribution in [0.15, 0.2) is 63.8 Å². The quantitative estimate of drug-likeness (QED) is 0.167. The fourth-order valence-electron chi connectivity index (χ4n) is 3.02. The molecular formula is C23H19FN4O2S4. The highest BCUT2D eigenvalue weighted by Crippen LogP contribution is 2.33. The van der Waals surface area contributed by atoms with E-state index in [0.717, 1.165) is 11.1 Å². The van der Waals surface area contributed by atoms with E-state index in [2.05, 4.69) is 15.5 Å². The van der Waals surface area contributed by atoms with Gasteiger partial charge >= 0.3 is 0 Å². The second-order valence-electron chi connectivity index (χ2n) is 7.18. The number of halogens is 1. The predicted molar refractivity (Wildman–Crippen MR) is 140 cm³/mol. The van der Waals surface area contributed by atoms with Gasteiger partial charge in [-0.1, -0.05) is 89.5 Å². The number of hydrogen-bond donors (Lipinski definition) is 1. The first kappa shape index (κ1) is 24.5. The number of carbonyl (C=O) groups excluding carboxylic acids is 2. The standard InChI is InChI=1S/C23H19FN4O2S4/c24-17-10-8-16(9-11-17)14-32-22-27-26-21(34-22)25-19(29)7-4-12-28-20(30)18(33-23(28)31)13-15-5-2-1-3-6-15/h1-3,5-6,8-11,13H,4,7,12,14H2,(H,25,26,29)/b18-13-. The third kappa shape index (κ3) is 6.72. The molecule has 0 bridgehead atoms. The molecule has 2 aromatic carbocycles. The molecule has 0 saturated carbocycles. The Morgan fingerprint density at radius 2 is 1.91 bits per heavy atom. The van der Waals surface area contributed by atoms with Crippen LogP contribution in [0.25, 0.3) is 6.08 Å². The lowest BCUT2D eigenvalue weighted by Gasteiger charge is -2.13. The van der Waals surface area contributed by atoms with E-state index in [1.807, 2.05) is 36.4 Å². The van der Waals surface area contributed by atoms with Crippen molar-refractivity contribution in [1.29, 1.82) is 0 Å². The van der Waals surface area contributed by atoms with Crippen LogP contribution in [0, 0.1) is 5.82 Å². The minimum Gasteiger partial charge on any atom is -0.301 e. The molecule has 1 aliphatic rings. The van der Waals surface area contributed by atoms with Crippen LogP contribution in [-0.4, -0.2) is 37.8 Å². The topological polar surface area (TPSA) is 75.2 Å². The minimum absolute atomic E-state index is 0.133. The minimum atomic E-state index is -0.270. The number of aromatic nitrogens is 2. The number of amides is 2. The molecule has 1 aliphatic heterocycles. The lowest BCUT2D eigenvalue weighted by Crippen LogP contribution is -2.29. The van der Waals surface area contributed by atoms with E-state index >= 15 is 0 Å². The average molecular weight is 531 g/mol. The van der Waals surface area contributed by atoms with Crippen molar-refractivity contribution in [2.75, 3.05) is 11.9 Å². The zero-order valence-electron chi connectivity index (χ0n) is 17.8. The van der Waals surface area contributed by atoms with Gasteiger partial charge < -0.3 is 5.32 Å². The lowest BCUT2D eigenvalue weighted by molar-refractivity contribution is -0.122. The van der Waals surface area contributed by atoms with Gasteiger partial charge in [0, 0.05) is 18.7 Å². The highest BCUT2D eigenvalue weighted by molar-refractivity contribution is 8.26. The van der Waals surface area contributed by atoms with Crippen LogP contribution >= 0.6 is 47.1 Å². The number of rotatable bonds is 9. The first-order valence-electron chi connectivity index (χ1n) is 10.3. The summed E-state index contributed by atoms with van der Waals surface area (Å²) in [6.07, 6.45) is 2.53. The van der Waals surface area contributed by atoms with Gasteiger partial charge in [0.15, 0.2) is 4.34 Å². The van der Waals surface area contributed by atoms with Crippen molar-refractivity contribution >= 4 is 74.4 Å². The van der Waals surface area contributed by atoms with Crippen LogP contribution in [0.4, 0.5) is 9.52 Å². The summed E-state index contributed by atoms with van der Waals surface area (Å²) in [5, 5.41) is 11.2. The summed E-state index contributed by atoms with van der Waals surface area (Å²) >= 11 is 9.38. The predicted octanol–water partition coefficient (Wildman–Crippen LogP) is 5.59. The molecule has 2 amide bonds. The normalized spacial score (nSPS) is 14.7. The Labute approximate surface area is 214 Å². The maximum Gasteiger partial charge on any atom is 0.266 e. The van der Waals surface area contributed by atoms with Gasteiger partial charge in [0.2, 0.25) is 11.0 Å². The number of thiocarbonyl (C=S) groups is 1. The van der Waals surface area contributed by atoms with E-state index in [1.165, 1.54) is 51.9 Å². The zero-order chi connectivity index (χ0) is 23.9. The molecule has 0 radical (unpaired) electrons. The molecule has 0 unspecified atom stereocenters. The molecule has 1 saturated heterocycles. The van der Waals surface area contributed by atoms with Crippen LogP contribution < -0.4 is 5.32 Å². The molecule has 2 heterocycles. The van der Waals surface area contributed by atoms with Crippen molar-refractivity contribution in [1.82, 2.24) is 15.1 Å². The van der Waals surface area contributed by atoms with Crippen LogP contribution in [-0.2, 0) is 15.3 Å². The molecule has 3 aromatic rings. The average Bonchev–Trinajstić information content (AvgIpc) is 3.38. The first-order chi connectivity index (χ1) is 16.5. The van der Waals surface area contributed by atoms with Crippen LogP contribution in [0.1, 0.15) is 24.0 Å². The summed E-state index contributed by atoms with van der Waals surface area (Å²) in [6, 6.07) is 15.9. The Morgan fingerprint density at radius 1 is 1.15 bits per heavy atom. The van der Waals surface area contributed by atoms with Gasteiger partial charge in [0.1, 0.15) is 10.1 Å². The Morgan fingerprint density at radius 3 is 2.68 bits per heavy atom. The van der Waals surface area contributed by atoms with Gasteiger partial charge in [-0.15, -0.1) is 10.2 Å². The Hall–Kier alpha value is -2.60. The molecular weight excluding hydrogens is 512 g/mol. The SMILES string of the molecule is O=C(CCCN1C(=O)/C(=C/c2ccccc2)SC1=S)Nc1nnc(SCc2ccc(F)cc2)s1. The molecule has 0 atom stereocenters. The molecule has 1 N–H and O–H groups in total. The van der Waals surface area contributed by atoms with Gasteiger partial charge in [0.25, 0.3) is 5.91 Å². The van der Waals surface area contributed by atoms with E-state index in [-0.39, 0.29) is 24.1 Å². The second-order valence-corrected chi connectivity index (χ2v) is 11.1. The summed E-state index contributed by atoms with van der Waals surface area (Å²) in [5.41, 5.74) is 1.91. The molecule has 1 fully saturated rings. The summed E-state index contributed by atoms with van der Waals surface area (Å²) in [7, 11) is 0. The van der Waals surface area contributed by atoms with Crippen LogP contribution in [0.5, 0.6) is 0 Å². The maximum atomic E-state index is 13.0. The molecule has 4 rings (SSSR count). The Balaban J connectivity index is 1.21. The number of benzene rings is 2. The smallest absolute Gasteiger partial charge is 0.266 e. The Kier molecular flexibility index (Phi) is 8.44. The molecule has 1 aromatic heterocycles. The maximum absolute atomic E-state index is 13.0. The fourth-order valence-corrected chi connectivity index (χ4v) is 6.05. The molecule has 0 spiro atoms. The monoisotopic (exact) mass is 530 g/mol. The zero-order valence-corrected chi connectivity index (χ0v) is 21.0. The number of anilines is 1. The highest BCUT2D eigenvalue weighted by Gasteiger charge is 2.31. The first-order valence-corrected chi connectivity index (χ1v) is 13.3. The number of nitrogens with one attached hydrogen (secondary N) is 1. The third-order valence-electron chi connectivity index (χ3n) is 4.68. The van der Waals surface area contributed by atoms with E-state index in [9.17, 15) is 14.0 Å². The highest BCUT2D eigenvalue weighted by atomic mass is 32.2. The Bertz CT molecular complexity index is 1220. The van der Waals surface area contributed by atoms with Crippen molar-refractivity contribution in [3.63, 3.8) is 0 Å². The second kappa shape index (κ2) is 11.7. The van der Waals surface area contributed by atoms with Crippen LogP contribution in [0.2, 0.25) is 0 Å². The molecule has 0 aliphatic carbocycles. The third-order valence-corrected chi connectivity index (χ3v) is 8.11. The van der Waals surface area contributed by atoms with Crippen molar-refractivity contribution in [3.05, 3.63) is 76.4 Å². The molecule has 174 valence electrons. The number of carbonyl (C=O) groups is 2. The summed E-state index contributed by atoms with van der Waals surface area (Å²) < 4.78 is 14.2. The molecule has 34 heavy (non-hydrogen) atoms. The van der Waals surface area contributed by atoms with Gasteiger partial charge in [-0.3, -0.25) is 14.5 Å². The molecule has 11 heteroatoms. The van der Waals surface area contributed by atoms with Gasteiger partial charge in [-0.2, -0.15) is 0 Å². The fraction of sp³-hybridized carbons (Fsp3) is 0.174. The van der Waals surface area contributed by atoms with E-state index in [0.29, 0.717) is 37.4 Å². The van der Waals surface area contributed by atoms with Gasteiger partial charge in [-0.05, 0) is 35.8 Å². The van der Waals surface area contributed by atoms with E-state index in [1.54, 1.807) is 12.1 Å². The van der Waals surface area contributed by atoms with Crippen molar-refractivity contribution in [2.45, 2.75) is 22.9 Å². The molecule has 6 nitrogen and oxygen atoms in total. The number of thioether (sulfide) groups is 2. The number of nitrogens with zero attached hydrogens (tertiary/aromatic N) is 3. The van der Waals surface area contributed by atoms with E-state index < -0.39 is 0 Å². The van der Waals surface area contributed by atoms with Crippen molar-refractivity contribution in [3.8, 4) is 0 Å². The van der Waals surface area contributed by atoms with Crippen molar-refractivity contribution < 1.29 is 14.0 Å².